The minimum Gasteiger partial charge on any atom is -0.395 e. The Bertz CT molecular complexity index is 1340. The molecule has 0 aromatic carbocycles. The van der Waals surface area contributed by atoms with Gasteiger partial charge >= 0.3 is 0 Å². The average Bonchev–Trinajstić information content (AvgIpc) is 3.29. The molecule has 4 aromatic heterocycles. The molecular formula is C24H25F3N8O. The number of nitrogens with one attached hydrogen (secondary N) is 1. The van der Waals surface area contributed by atoms with E-state index in [0.29, 0.717) is 24.4 Å². The van der Waals surface area contributed by atoms with E-state index in [9.17, 15) is 18.3 Å². The van der Waals surface area contributed by atoms with Crippen molar-refractivity contribution in [2.24, 2.45) is 0 Å². The van der Waals surface area contributed by atoms with Crippen molar-refractivity contribution in [2.75, 3.05) is 44.6 Å². The van der Waals surface area contributed by atoms with Crippen LogP contribution in [0.15, 0.2) is 48.9 Å². The van der Waals surface area contributed by atoms with Gasteiger partial charge in [-0.25, -0.2) is 27.7 Å². The van der Waals surface area contributed by atoms with E-state index in [-0.39, 0.29) is 29.5 Å². The molecule has 9 nitrogen and oxygen atoms in total. The van der Waals surface area contributed by atoms with E-state index in [1.54, 1.807) is 16.8 Å². The van der Waals surface area contributed by atoms with Crippen molar-refractivity contribution >= 4 is 17.0 Å². The van der Waals surface area contributed by atoms with Gasteiger partial charge in [0.15, 0.2) is 11.6 Å². The van der Waals surface area contributed by atoms with Crippen LogP contribution in [0.25, 0.3) is 17.0 Å². The van der Waals surface area contributed by atoms with Crippen molar-refractivity contribution in [3.8, 4) is 11.5 Å². The number of fused-ring (bicyclic) bond motifs is 1. The first kappa shape index (κ1) is 24.1. The number of nitrogens with zero attached hydrogens (tertiary/aromatic N) is 7. The number of aromatic nitrogens is 5. The minimum absolute atomic E-state index is 0.127. The van der Waals surface area contributed by atoms with Crippen LogP contribution < -0.4 is 5.32 Å². The lowest BCUT2D eigenvalue weighted by molar-refractivity contribution is 0.109. The number of anilines is 2. The van der Waals surface area contributed by atoms with Gasteiger partial charge < -0.3 is 10.4 Å². The van der Waals surface area contributed by atoms with Crippen molar-refractivity contribution < 1.29 is 18.3 Å². The molecule has 188 valence electrons. The highest BCUT2D eigenvalue weighted by atomic mass is 19.3. The fraction of sp³-hybridized carbons (Fsp3) is 0.333. The Morgan fingerprint density at radius 1 is 1.03 bits per heavy atom. The van der Waals surface area contributed by atoms with Gasteiger partial charge in [-0.15, -0.1) is 5.10 Å². The highest BCUT2D eigenvalue weighted by molar-refractivity contribution is 5.78. The van der Waals surface area contributed by atoms with Crippen LogP contribution in [-0.4, -0.2) is 78.8 Å². The molecular weight excluding hydrogens is 473 g/mol. The Morgan fingerprint density at radius 2 is 1.83 bits per heavy atom. The van der Waals surface area contributed by atoms with E-state index < -0.39 is 12.2 Å². The normalized spacial score (nSPS) is 15.1. The lowest BCUT2D eigenvalue weighted by Crippen LogP contribution is -2.46. The van der Waals surface area contributed by atoms with Gasteiger partial charge in [0.05, 0.1) is 18.5 Å². The summed E-state index contributed by atoms with van der Waals surface area (Å²) in [6.07, 6.45) is 1.60. The van der Waals surface area contributed by atoms with E-state index in [1.165, 1.54) is 24.4 Å². The smallest absolute Gasteiger partial charge is 0.280 e. The number of rotatable bonds is 8. The molecule has 5 rings (SSSR count). The molecule has 1 aliphatic rings. The number of hydrogen-bond acceptors (Lipinski definition) is 8. The lowest BCUT2D eigenvalue weighted by atomic mass is 10.2. The van der Waals surface area contributed by atoms with Crippen LogP contribution in [0.1, 0.15) is 17.7 Å². The van der Waals surface area contributed by atoms with Crippen molar-refractivity contribution in [3.05, 3.63) is 66.0 Å². The quantitative estimate of drug-likeness (QED) is 0.383. The SMILES string of the molecule is OCCN1CCN(Cc2ccn3nc(-c4cccc(C(F)F)n4)nc(Nc4ccncc4F)c23)CC1. The van der Waals surface area contributed by atoms with Gasteiger partial charge in [0.25, 0.3) is 6.43 Å². The Balaban J connectivity index is 1.52. The first-order valence-corrected chi connectivity index (χ1v) is 11.6. The molecule has 2 N–H and O–H groups in total. The minimum atomic E-state index is -2.73. The molecule has 1 aliphatic heterocycles. The molecule has 0 spiro atoms. The zero-order valence-electron chi connectivity index (χ0n) is 19.4. The third kappa shape index (κ3) is 5.15. The third-order valence-corrected chi connectivity index (χ3v) is 6.12. The Morgan fingerprint density at radius 3 is 2.58 bits per heavy atom. The third-order valence-electron chi connectivity index (χ3n) is 6.12. The van der Waals surface area contributed by atoms with Gasteiger partial charge in [0.2, 0.25) is 5.82 Å². The molecule has 0 radical (unpaired) electrons. The fourth-order valence-electron chi connectivity index (χ4n) is 4.27. The van der Waals surface area contributed by atoms with Crippen LogP contribution in [0, 0.1) is 5.82 Å². The first-order valence-electron chi connectivity index (χ1n) is 11.6. The number of alkyl halides is 2. The number of hydrogen-bond donors (Lipinski definition) is 2. The summed E-state index contributed by atoms with van der Waals surface area (Å²) in [6, 6.07) is 7.69. The maximum absolute atomic E-state index is 14.4. The summed E-state index contributed by atoms with van der Waals surface area (Å²) in [4.78, 5) is 16.9. The van der Waals surface area contributed by atoms with Crippen molar-refractivity contribution in [1.82, 2.24) is 34.4 Å². The molecule has 0 atom stereocenters. The molecule has 0 bridgehead atoms. The van der Waals surface area contributed by atoms with E-state index in [2.05, 4.69) is 35.2 Å². The number of β-amino-alcohol motifs (C(OH)–C–C–N with tert-alkyl or cyclic N) is 1. The molecule has 0 aliphatic carbocycles. The molecule has 1 saturated heterocycles. The Kier molecular flexibility index (Phi) is 7.07. The zero-order chi connectivity index (χ0) is 25.1. The molecule has 0 saturated carbocycles. The summed E-state index contributed by atoms with van der Waals surface area (Å²) in [6.45, 7) is 4.80. The maximum Gasteiger partial charge on any atom is 0.280 e. The summed E-state index contributed by atoms with van der Waals surface area (Å²) in [5, 5.41) is 16.7. The van der Waals surface area contributed by atoms with Crippen molar-refractivity contribution in [2.45, 2.75) is 13.0 Å². The van der Waals surface area contributed by atoms with Crippen LogP contribution in [0.3, 0.4) is 0 Å². The predicted octanol–water partition coefficient (Wildman–Crippen LogP) is 3.12. The van der Waals surface area contributed by atoms with Crippen molar-refractivity contribution in [1.29, 1.82) is 0 Å². The number of halogens is 3. The monoisotopic (exact) mass is 498 g/mol. The number of pyridine rings is 2. The summed E-state index contributed by atoms with van der Waals surface area (Å²) in [7, 11) is 0. The number of aliphatic hydroxyl groups is 1. The standard InChI is InChI=1S/C24H25F3N8O/c25-17-14-28-6-4-18(17)30-24-21-16(15-34-10-8-33(9-11-34)12-13-36)5-7-35(21)32-23(31-24)20-3-1-2-19(29-20)22(26)27/h1-7,14,22,36H,8-13,15H2,(H,28,30,31,32). The van der Waals surface area contributed by atoms with Crippen LogP contribution in [-0.2, 0) is 6.54 Å². The molecule has 0 unspecified atom stereocenters. The molecule has 12 heteroatoms. The van der Waals surface area contributed by atoms with Gasteiger partial charge in [0.1, 0.15) is 16.9 Å². The van der Waals surface area contributed by atoms with Gasteiger partial charge in [0, 0.05) is 51.7 Å². The topological polar surface area (TPSA) is 94.7 Å². The van der Waals surface area contributed by atoms with E-state index in [1.807, 2.05) is 6.07 Å². The summed E-state index contributed by atoms with van der Waals surface area (Å²) in [5.41, 5.74) is 1.57. The summed E-state index contributed by atoms with van der Waals surface area (Å²) in [5.74, 6) is -0.100. The van der Waals surface area contributed by atoms with Gasteiger partial charge in [-0.05, 0) is 29.8 Å². The fourth-order valence-corrected chi connectivity index (χ4v) is 4.27. The number of aliphatic hydroxyl groups excluding tert-OH is 1. The van der Waals surface area contributed by atoms with Crippen LogP contribution in [0.2, 0.25) is 0 Å². The van der Waals surface area contributed by atoms with Crippen molar-refractivity contribution in [3.63, 3.8) is 0 Å². The van der Waals surface area contributed by atoms with E-state index >= 15 is 0 Å². The average molecular weight is 499 g/mol. The van der Waals surface area contributed by atoms with Gasteiger partial charge in [-0.2, -0.15) is 0 Å². The van der Waals surface area contributed by atoms with E-state index in [4.69, 9.17) is 0 Å². The maximum atomic E-state index is 14.4. The van der Waals surface area contributed by atoms with E-state index in [0.717, 1.165) is 37.9 Å². The zero-order valence-corrected chi connectivity index (χ0v) is 19.4. The van der Waals surface area contributed by atoms with Crippen LogP contribution >= 0.6 is 0 Å². The second-order valence-electron chi connectivity index (χ2n) is 8.49. The second-order valence-corrected chi connectivity index (χ2v) is 8.49. The van der Waals surface area contributed by atoms with Crippen LogP contribution in [0.4, 0.5) is 24.7 Å². The number of piperazine rings is 1. The summed E-state index contributed by atoms with van der Waals surface area (Å²) >= 11 is 0. The second kappa shape index (κ2) is 10.6. The summed E-state index contributed by atoms with van der Waals surface area (Å²) < 4.78 is 42.5. The van der Waals surface area contributed by atoms with Gasteiger partial charge in [-0.3, -0.25) is 14.8 Å². The Labute approximate surface area is 205 Å². The predicted molar refractivity (Wildman–Crippen MR) is 127 cm³/mol. The highest BCUT2D eigenvalue weighted by Crippen LogP contribution is 2.28. The highest BCUT2D eigenvalue weighted by Gasteiger charge is 2.21. The molecule has 1 fully saturated rings. The molecule has 4 aromatic rings. The Hall–Kier alpha value is -3.61. The molecule has 0 amide bonds. The first-order chi connectivity index (χ1) is 17.5. The lowest BCUT2D eigenvalue weighted by Gasteiger charge is -2.34. The van der Waals surface area contributed by atoms with Gasteiger partial charge in [-0.1, -0.05) is 6.07 Å². The molecule has 36 heavy (non-hydrogen) atoms. The molecule has 5 heterocycles. The largest absolute Gasteiger partial charge is 0.395 e. The van der Waals surface area contributed by atoms with Crippen LogP contribution in [0.5, 0.6) is 0 Å².